The summed E-state index contributed by atoms with van der Waals surface area (Å²) in [5, 5.41) is 6.95. The molecule has 0 bridgehead atoms. The molecule has 4 heteroatoms. The van der Waals surface area contributed by atoms with E-state index in [1.54, 1.807) is 0 Å². The highest BCUT2D eigenvalue weighted by molar-refractivity contribution is 7.86. The zero-order valence-electron chi connectivity index (χ0n) is 18.3. The van der Waals surface area contributed by atoms with Crippen molar-refractivity contribution in [3.05, 3.63) is 115 Å². The predicted octanol–water partition coefficient (Wildman–Crippen LogP) is 6.60. The van der Waals surface area contributed by atoms with Crippen LogP contribution in [0.5, 0.6) is 0 Å². The third kappa shape index (κ3) is 2.62. The van der Waals surface area contributed by atoms with E-state index in [-0.39, 0.29) is 0 Å². The van der Waals surface area contributed by atoms with Crippen LogP contribution in [0.15, 0.2) is 115 Å². The van der Waals surface area contributed by atoms with Crippen LogP contribution < -0.4 is 15.9 Å². The molecule has 0 saturated carbocycles. The van der Waals surface area contributed by atoms with Crippen molar-refractivity contribution in [2.24, 2.45) is 0 Å². The van der Waals surface area contributed by atoms with E-state index in [2.05, 4.69) is 46.4 Å². The molecule has 0 unspecified atom stereocenters. The van der Waals surface area contributed by atoms with Gasteiger partial charge in [-0.2, -0.15) is 0 Å². The van der Waals surface area contributed by atoms with Crippen LogP contribution in [-0.4, -0.2) is 9.97 Å². The van der Waals surface area contributed by atoms with Crippen LogP contribution in [0.1, 0.15) is 0 Å². The van der Waals surface area contributed by atoms with E-state index in [9.17, 15) is 0 Å². The Labute approximate surface area is 196 Å². The molecule has 2 aromatic heterocycles. The minimum atomic E-state index is -3.24. The summed E-state index contributed by atoms with van der Waals surface area (Å²) in [5.41, 5.74) is 3.97. The second kappa shape index (κ2) is 7.21. The lowest BCUT2D eigenvalue weighted by atomic mass is 10.1. The first kappa shape index (κ1) is 19.4. The Kier molecular flexibility index (Phi) is 4.12. The summed E-state index contributed by atoms with van der Waals surface area (Å²) in [4.78, 5) is 7.17. The molecule has 0 amide bonds. The fourth-order valence-corrected chi connectivity index (χ4v) is 8.27. The summed E-state index contributed by atoms with van der Waals surface area (Å²) in [6.45, 7) is 0. The third-order valence-electron chi connectivity index (χ3n) is 6.84. The highest BCUT2D eigenvalue weighted by atomic mass is 31.2. The summed E-state index contributed by atoms with van der Waals surface area (Å²) in [6, 6.07) is 38.7. The Balaban J connectivity index is 1.64. The Morgan fingerprint density at radius 1 is 0.441 bits per heavy atom. The van der Waals surface area contributed by atoms with Gasteiger partial charge in [0.05, 0.1) is 11.0 Å². The maximum atomic E-state index is 15.6. The quantitative estimate of drug-likeness (QED) is 0.289. The molecule has 5 aromatic carbocycles. The Hall–Kier alpha value is -4.07. The Bertz CT molecular complexity index is 1780. The number of para-hydroxylation sites is 4. The van der Waals surface area contributed by atoms with Crippen molar-refractivity contribution in [1.82, 2.24) is 9.97 Å². The molecule has 0 fully saturated rings. The first-order valence-corrected chi connectivity index (χ1v) is 13.1. The van der Waals surface area contributed by atoms with Crippen molar-refractivity contribution in [2.45, 2.75) is 0 Å². The number of rotatable bonds is 3. The lowest BCUT2D eigenvalue weighted by Gasteiger charge is -2.21. The molecule has 162 valence electrons. The molecule has 2 heterocycles. The molecule has 34 heavy (non-hydrogen) atoms. The lowest BCUT2D eigenvalue weighted by Crippen LogP contribution is -2.26. The van der Waals surface area contributed by atoms with Crippen molar-refractivity contribution in [3.63, 3.8) is 0 Å². The Morgan fingerprint density at radius 2 is 0.882 bits per heavy atom. The third-order valence-corrected chi connectivity index (χ3v) is 9.96. The summed E-state index contributed by atoms with van der Waals surface area (Å²) >= 11 is 0. The van der Waals surface area contributed by atoms with Gasteiger partial charge in [0.2, 0.25) is 0 Å². The molecule has 0 aliphatic heterocycles. The number of nitrogens with one attached hydrogen (secondary N) is 2. The van der Waals surface area contributed by atoms with Crippen molar-refractivity contribution in [1.29, 1.82) is 0 Å². The van der Waals surface area contributed by atoms with Crippen LogP contribution in [0.25, 0.3) is 43.6 Å². The molecule has 0 saturated heterocycles. The zero-order valence-corrected chi connectivity index (χ0v) is 19.2. The summed E-state index contributed by atoms with van der Waals surface area (Å²) in [5.74, 6) is 0. The smallest absolute Gasteiger partial charge is 0.175 e. The SMILES string of the molecule is O=P(c1ccccc1)(c1cccc2c1[nH]c1ccccc12)c1cccc2c1[nH]c1ccccc12. The van der Waals surface area contributed by atoms with Gasteiger partial charge >= 0.3 is 0 Å². The molecule has 7 rings (SSSR count). The minimum Gasteiger partial charge on any atom is -0.354 e. The van der Waals surface area contributed by atoms with Crippen LogP contribution >= 0.6 is 7.14 Å². The van der Waals surface area contributed by atoms with Gasteiger partial charge in [0, 0.05) is 48.5 Å². The normalized spacial score (nSPS) is 12.2. The second-order valence-electron chi connectivity index (χ2n) is 8.69. The fraction of sp³-hybridized carbons (Fsp3) is 0. The van der Waals surface area contributed by atoms with E-state index >= 15 is 4.57 Å². The molecular formula is C30H21N2OP. The predicted molar refractivity (Wildman–Crippen MR) is 145 cm³/mol. The molecule has 0 atom stereocenters. The number of hydrogen-bond donors (Lipinski definition) is 2. The summed E-state index contributed by atoms with van der Waals surface area (Å²) < 4.78 is 15.6. The highest BCUT2D eigenvalue weighted by Crippen LogP contribution is 2.47. The van der Waals surface area contributed by atoms with Crippen LogP contribution in [0.3, 0.4) is 0 Å². The van der Waals surface area contributed by atoms with Crippen LogP contribution in [0.4, 0.5) is 0 Å². The molecule has 0 radical (unpaired) electrons. The maximum Gasteiger partial charge on any atom is 0.175 e. The fourth-order valence-electron chi connectivity index (χ4n) is 5.29. The van der Waals surface area contributed by atoms with E-state index in [1.165, 1.54) is 0 Å². The minimum absolute atomic E-state index is 0.826. The standard InChI is InChI=1S/C30H21N2OP/c33-34(20-10-2-1-3-11-20,27-18-8-14-23-21-12-4-6-16-25(21)31-29(23)27)28-19-9-15-24-22-13-5-7-17-26(22)32-30(24)28/h1-19,31-32H. The average molecular weight is 456 g/mol. The van der Waals surface area contributed by atoms with Gasteiger partial charge in [0.1, 0.15) is 0 Å². The number of H-pyrrole nitrogens is 2. The molecule has 0 aliphatic carbocycles. The number of hydrogen-bond acceptors (Lipinski definition) is 1. The zero-order chi connectivity index (χ0) is 22.7. The highest BCUT2D eigenvalue weighted by Gasteiger charge is 2.34. The van der Waals surface area contributed by atoms with Crippen molar-refractivity contribution in [3.8, 4) is 0 Å². The monoisotopic (exact) mass is 456 g/mol. The van der Waals surface area contributed by atoms with Gasteiger partial charge in [-0.1, -0.05) is 91.0 Å². The van der Waals surface area contributed by atoms with Gasteiger partial charge < -0.3 is 14.5 Å². The first-order chi connectivity index (χ1) is 16.7. The van der Waals surface area contributed by atoms with E-state index < -0.39 is 7.14 Å². The van der Waals surface area contributed by atoms with Gasteiger partial charge in [0.15, 0.2) is 7.14 Å². The molecule has 3 nitrogen and oxygen atoms in total. The van der Waals surface area contributed by atoms with Crippen molar-refractivity contribution in [2.75, 3.05) is 0 Å². The summed E-state index contributed by atoms with van der Waals surface area (Å²) in [6.07, 6.45) is 0. The summed E-state index contributed by atoms with van der Waals surface area (Å²) in [7, 11) is -3.24. The molecule has 0 aliphatic rings. The number of aromatic nitrogens is 2. The topological polar surface area (TPSA) is 48.6 Å². The Morgan fingerprint density at radius 3 is 1.41 bits per heavy atom. The second-order valence-corrected chi connectivity index (χ2v) is 11.4. The first-order valence-electron chi connectivity index (χ1n) is 11.4. The largest absolute Gasteiger partial charge is 0.354 e. The molecule has 7 aromatic rings. The van der Waals surface area contributed by atoms with E-state index in [0.29, 0.717) is 0 Å². The van der Waals surface area contributed by atoms with Gasteiger partial charge in [0.25, 0.3) is 0 Å². The van der Waals surface area contributed by atoms with Crippen LogP contribution in [0, 0.1) is 0 Å². The van der Waals surface area contributed by atoms with E-state index in [0.717, 1.165) is 59.5 Å². The van der Waals surface area contributed by atoms with E-state index in [1.807, 2.05) is 78.9 Å². The molecule has 2 N–H and O–H groups in total. The van der Waals surface area contributed by atoms with Gasteiger partial charge in [-0.15, -0.1) is 0 Å². The number of fused-ring (bicyclic) bond motifs is 6. The molecule has 0 spiro atoms. The van der Waals surface area contributed by atoms with Crippen molar-refractivity contribution < 1.29 is 4.57 Å². The number of benzene rings is 5. The van der Waals surface area contributed by atoms with Gasteiger partial charge in [-0.3, -0.25) is 0 Å². The van der Waals surface area contributed by atoms with Gasteiger partial charge in [-0.25, -0.2) is 0 Å². The maximum absolute atomic E-state index is 15.6. The van der Waals surface area contributed by atoms with Gasteiger partial charge in [-0.05, 0) is 24.3 Å². The van der Waals surface area contributed by atoms with Crippen molar-refractivity contribution >= 4 is 66.7 Å². The molecular weight excluding hydrogens is 435 g/mol. The average Bonchev–Trinajstić information content (AvgIpc) is 3.47. The number of aromatic amines is 2. The van der Waals surface area contributed by atoms with Crippen LogP contribution in [-0.2, 0) is 4.57 Å². The van der Waals surface area contributed by atoms with E-state index in [4.69, 9.17) is 0 Å². The van der Waals surface area contributed by atoms with Crippen LogP contribution in [0.2, 0.25) is 0 Å². The lowest BCUT2D eigenvalue weighted by molar-refractivity contribution is 0.592.